The molecule has 0 bridgehead atoms. The molecule has 2 aliphatic rings. The number of nitrogens with one attached hydrogen (secondary N) is 1. The number of imide groups is 1. The van der Waals surface area contributed by atoms with Gasteiger partial charge in [0.1, 0.15) is 10.6 Å². The van der Waals surface area contributed by atoms with Gasteiger partial charge in [0, 0.05) is 5.69 Å². The molecule has 2 atom stereocenters. The van der Waals surface area contributed by atoms with Gasteiger partial charge in [-0.3, -0.25) is 19.2 Å². The number of methoxy groups -OCH3 is 1. The molecule has 0 spiro atoms. The number of anilines is 1. The van der Waals surface area contributed by atoms with E-state index in [0.717, 1.165) is 36.8 Å². The quantitative estimate of drug-likeness (QED) is 0.668. The summed E-state index contributed by atoms with van der Waals surface area (Å²) in [6, 6.07) is 10.1. The molecular formula is C24H28N2O5S. The van der Waals surface area contributed by atoms with Gasteiger partial charge in [0.25, 0.3) is 10.0 Å². The van der Waals surface area contributed by atoms with Gasteiger partial charge in [0.05, 0.1) is 25.5 Å². The van der Waals surface area contributed by atoms with Crippen LogP contribution in [0.25, 0.3) is 0 Å². The normalized spacial score (nSPS) is 20.9. The number of fused-ring (bicyclic) bond motifs is 1. The molecule has 1 saturated carbocycles. The van der Waals surface area contributed by atoms with E-state index in [-0.39, 0.29) is 40.8 Å². The van der Waals surface area contributed by atoms with Gasteiger partial charge in [-0.05, 0) is 67.6 Å². The van der Waals surface area contributed by atoms with Crippen LogP contribution in [0, 0.1) is 25.7 Å². The number of carbonyl (C=O) groups is 2. The zero-order chi connectivity index (χ0) is 23.0. The Balaban J connectivity index is 1.62. The molecule has 7 nitrogen and oxygen atoms in total. The molecule has 170 valence electrons. The van der Waals surface area contributed by atoms with E-state index in [1.54, 1.807) is 24.3 Å². The standard InChI is InChI=1S/C24H28N2O5S/c1-15-8-10-18(12-16(15)2)25-32(29,30)22-13-17(9-11-21(22)31-3)14-26-23(27)19-6-4-5-7-20(19)24(26)28/h8-13,19-20,25H,4-7,14H2,1-3H3/t19-,20+. The molecule has 0 radical (unpaired) electrons. The molecule has 1 N–H and O–H groups in total. The molecule has 2 fully saturated rings. The minimum absolute atomic E-state index is 0.0350. The number of aryl methyl sites for hydroxylation is 2. The maximum Gasteiger partial charge on any atom is 0.265 e. The molecule has 0 unspecified atom stereocenters. The third kappa shape index (κ3) is 4.11. The average molecular weight is 457 g/mol. The molecule has 2 aromatic carbocycles. The fraction of sp³-hybridized carbons (Fsp3) is 0.417. The van der Waals surface area contributed by atoms with Gasteiger partial charge < -0.3 is 4.74 Å². The summed E-state index contributed by atoms with van der Waals surface area (Å²) in [6.07, 6.45) is 3.41. The van der Waals surface area contributed by atoms with Gasteiger partial charge in [0.2, 0.25) is 11.8 Å². The van der Waals surface area contributed by atoms with E-state index in [0.29, 0.717) is 11.3 Å². The van der Waals surface area contributed by atoms with Crippen LogP contribution in [0.4, 0.5) is 5.69 Å². The lowest BCUT2D eigenvalue weighted by Crippen LogP contribution is -2.30. The summed E-state index contributed by atoms with van der Waals surface area (Å²) in [4.78, 5) is 26.9. The largest absolute Gasteiger partial charge is 0.495 e. The van der Waals surface area contributed by atoms with Crippen LogP contribution in [0.2, 0.25) is 0 Å². The Labute approximate surface area is 188 Å². The van der Waals surface area contributed by atoms with Crippen LogP contribution in [0.3, 0.4) is 0 Å². The molecule has 4 rings (SSSR count). The maximum atomic E-state index is 13.2. The summed E-state index contributed by atoms with van der Waals surface area (Å²) in [5.41, 5.74) is 3.05. The lowest BCUT2D eigenvalue weighted by atomic mass is 9.81. The number of nitrogens with zero attached hydrogens (tertiary/aromatic N) is 1. The maximum absolute atomic E-state index is 13.2. The summed E-state index contributed by atoms with van der Waals surface area (Å²) in [7, 11) is -2.55. The Morgan fingerprint density at radius 2 is 1.62 bits per heavy atom. The lowest BCUT2D eigenvalue weighted by molar-refractivity contribution is -0.140. The number of amides is 2. The molecule has 2 aromatic rings. The third-order valence-electron chi connectivity index (χ3n) is 6.55. The number of likely N-dealkylation sites (tertiary alicyclic amines) is 1. The van der Waals surface area contributed by atoms with E-state index in [1.807, 2.05) is 19.9 Å². The highest BCUT2D eigenvalue weighted by Gasteiger charge is 2.47. The van der Waals surface area contributed by atoms with Crippen molar-refractivity contribution in [1.29, 1.82) is 0 Å². The summed E-state index contributed by atoms with van der Waals surface area (Å²) < 4.78 is 34.2. The first-order valence-corrected chi connectivity index (χ1v) is 12.3. The summed E-state index contributed by atoms with van der Waals surface area (Å²) in [5.74, 6) is -0.563. The van der Waals surface area contributed by atoms with Crippen LogP contribution < -0.4 is 9.46 Å². The number of carbonyl (C=O) groups excluding carboxylic acids is 2. The van der Waals surface area contributed by atoms with Crippen molar-refractivity contribution in [2.75, 3.05) is 11.8 Å². The number of sulfonamides is 1. The SMILES string of the molecule is COc1ccc(CN2C(=O)[C@H]3CCCC[C@H]3C2=O)cc1S(=O)(=O)Nc1ccc(C)c(C)c1. The Kier molecular flexibility index (Phi) is 5.99. The first kappa shape index (κ1) is 22.3. The Morgan fingerprint density at radius 1 is 0.969 bits per heavy atom. The first-order valence-electron chi connectivity index (χ1n) is 10.8. The third-order valence-corrected chi connectivity index (χ3v) is 7.95. The van der Waals surface area contributed by atoms with E-state index in [1.165, 1.54) is 18.1 Å². The van der Waals surface area contributed by atoms with Crippen LogP contribution in [0.15, 0.2) is 41.3 Å². The molecule has 1 saturated heterocycles. The van der Waals surface area contributed by atoms with E-state index in [4.69, 9.17) is 4.74 Å². The van der Waals surface area contributed by atoms with Crippen molar-refractivity contribution in [1.82, 2.24) is 4.90 Å². The molecule has 1 aliphatic carbocycles. The van der Waals surface area contributed by atoms with Crippen LogP contribution in [-0.2, 0) is 26.2 Å². The zero-order valence-electron chi connectivity index (χ0n) is 18.6. The molecule has 8 heteroatoms. The molecule has 32 heavy (non-hydrogen) atoms. The number of ether oxygens (including phenoxy) is 1. The second kappa shape index (κ2) is 8.58. The topological polar surface area (TPSA) is 92.8 Å². The van der Waals surface area contributed by atoms with Gasteiger partial charge in [-0.15, -0.1) is 0 Å². The highest BCUT2D eigenvalue weighted by Crippen LogP contribution is 2.39. The van der Waals surface area contributed by atoms with E-state index < -0.39 is 10.0 Å². The molecule has 1 heterocycles. The summed E-state index contributed by atoms with van der Waals surface area (Å²) in [5, 5.41) is 0. The van der Waals surface area contributed by atoms with E-state index in [9.17, 15) is 18.0 Å². The van der Waals surface area contributed by atoms with Crippen molar-refractivity contribution in [2.45, 2.75) is 51.0 Å². The fourth-order valence-corrected chi connectivity index (χ4v) is 5.88. The predicted molar refractivity (Wildman–Crippen MR) is 121 cm³/mol. The van der Waals surface area contributed by atoms with Gasteiger partial charge in [-0.1, -0.05) is 25.0 Å². The number of hydrogen-bond donors (Lipinski definition) is 1. The number of rotatable bonds is 6. The minimum atomic E-state index is -3.95. The number of hydrogen-bond acceptors (Lipinski definition) is 5. The van der Waals surface area contributed by atoms with Crippen LogP contribution in [-0.4, -0.2) is 32.2 Å². The Hall–Kier alpha value is -2.87. The van der Waals surface area contributed by atoms with Crippen LogP contribution in [0.1, 0.15) is 42.4 Å². The van der Waals surface area contributed by atoms with Crippen LogP contribution in [0.5, 0.6) is 5.75 Å². The van der Waals surface area contributed by atoms with Gasteiger partial charge in [-0.25, -0.2) is 8.42 Å². The minimum Gasteiger partial charge on any atom is -0.495 e. The zero-order valence-corrected chi connectivity index (χ0v) is 19.4. The van der Waals surface area contributed by atoms with Crippen molar-refractivity contribution in [3.05, 3.63) is 53.1 Å². The van der Waals surface area contributed by atoms with Gasteiger partial charge in [-0.2, -0.15) is 0 Å². The predicted octanol–water partition coefficient (Wildman–Crippen LogP) is 3.79. The van der Waals surface area contributed by atoms with Crippen molar-refractivity contribution < 1.29 is 22.7 Å². The van der Waals surface area contributed by atoms with E-state index >= 15 is 0 Å². The van der Waals surface area contributed by atoms with Gasteiger partial charge in [0.15, 0.2) is 0 Å². The molecule has 0 aromatic heterocycles. The molecule has 1 aliphatic heterocycles. The molecular weight excluding hydrogens is 428 g/mol. The highest BCUT2D eigenvalue weighted by atomic mass is 32.2. The van der Waals surface area contributed by atoms with Crippen molar-refractivity contribution in [2.24, 2.45) is 11.8 Å². The van der Waals surface area contributed by atoms with Crippen molar-refractivity contribution >= 4 is 27.5 Å². The fourth-order valence-electron chi connectivity index (χ4n) is 4.61. The average Bonchev–Trinajstić information content (AvgIpc) is 3.01. The Morgan fingerprint density at radius 3 is 2.22 bits per heavy atom. The van der Waals surface area contributed by atoms with Gasteiger partial charge >= 0.3 is 0 Å². The second-order valence-corrected chi connectivity index (χ2v) is 10.3. The van der Waals surface area contributed by atoms with E-state index in [2.05, 4.69) is 4.72 Å². The molecule has 2 amide bonds. The Bertz CT molecular complexity index is 1150. The first-order chi connectivity index (χ1) is 15.2. The second-order valence-electron chi connectivity index (χ2n) is 8.65. The van der Waals surface area contributed by atoms with Crippen molar-refractivity contribution in [3.8, 4) is 5.75 Å². The summed E-state index contributed by atoms with van der Waals surface area (Å²) in [6.45, 7) is 3.92. The lowest BCUT2D eigenvalue weighted by Gasteiger charge is -2.19. The monoisotopic (exact) mass is 456 g/mol. The summed E-state index contributed by atoms with van der Waals surface area (Å²) >= 11 is 0. The van der Waals surface area contributed by atoms with Crippen LogP contribution >= 0.6 is 0 Å². The van der Waals surface area contributed by atoms with Crippen molar-refractivity contribution in [3.63, 3.8) is 0 Å². The highest BCUT2D eigenvalue weighted by molar-refractivity contribution is 7.92. The number of benzene rings is 2. The smallest absolute Gasteiger partial charge is 0.265 e.